The Kier molecular flexibility index (Phi) is 7.54. The minimum atomic E-state index is -1.12. The van der Waals surface area contributed by atoms with Gasteiger partial charge in [0.1, 0.15) is 18.3 Å². The van der Waals surface area contributed by atoms with Gasteiger partial charge >= 0.3 is 0 Å². The molecule has 0 saturated carbocycles. The zero-order valence-corrected chi connectivity index (χ0v) is 17.7. The number of aromatic nitrogens is 3. The molecule has 1 aromatic heterocycles. The van der Waals surface area contributed by atoms with Crippen molar-refractivity contribution in [1.82, 2.24) is 25.2 Å². The number of aliphatic hydroxyl groups excluding tert-OH is 2. The normalized spacial score (nSPS) is 24.0. The highest BCUT2D eigenvalue weighted by atomic mass is 16.5. The van der Waals surface area contributed by atoms with Gasteiger partial charge in [0.05, 0.1) is 24.8 Å². The van der Waals surface area contributed by atoms with Crippen LogP contribution in [0.4, 0.5) is 0 Å². The Morgan fingerprint density at radius 2 is 1.90 bits per heavy atom. The van der Waals surface area contributed by atoms with Crippen LogP contribution in [0.15, 0.2) is 36.5 Å². The van der Waals surface area contributed by atoms with Crippen LogP contribution in [-0.4, -0.2) is 73.5 Å². The number of hydrogen-bond acceptors (Lipinski definition) is 7. The van der Waals surface area contributed by atoms with E-state index in [1.807, 2.05) is 45.3 Å². The molecular formula is C21H31N5O4. The topological polar surface area (TPSA) is 113 Å². The minimum Gasteiger partial charge on any atom is -0.388 e. The van der Waals surface area contributed by atoms with Crippen LogP contribution in [0.1, 0.15) is 31.5 Å². The van der Waals surface area contributed by atoms with E-state index in [2.05, 4.69) is 32.7 Å². The van der Waals surface area contributed by atoms with E-state index in [9.17, 15) is 15.0 Å². The predicted molar refractivity (Wildman–Crippen MR) is 110 cm³/mol. The molecule has 2 heterocycles. The second-order valence-corrected chi connectivity index (χ2v) is 8.21. The second-order valence-electron chi connectivity index (χ2n) is 8.21. The molecule has 0 unspecified atom stereocenters. The van der Waals surface area contributed by atoms with E-state index in [1.54, 1.807) is 4.68 Å². The molecule has 1 amide bonds. The van der Waals surface area contributed by atoms with Gasteiger partial charge in [0.25, 0.3) is 0 Å². The van der Waals surface area contributed by atoms with Gasteiger partial charge in [0.2, 0.25) is 5.91 Å². The Labute approximate surface area is 176 Å². The van der Waals surface area contributed by atoms with Crippen LogP contribution in [0.2, 0.25) is 0 Å². The average molecular weight is 418 g/mol. The molecule has 2 aromatic rings. The standard InChI is InChI=1S/C21H31N5O4/c1-14(2)22-19(27)9-17-20(28)21(29)18(30-17)13-26-12-16(23-24-26)11-25(3)10-15-7-5-4-6-8-15/h4-8,12,14,17-18,20-21,28-29H,9-11,13H2,1-3H3,(H,22,27)/t17-,18+,20-,21+/m0/s1. The molecule has 0 radical (unpaired) electrons. The van der Waals surface area contributed by atoms with Gasteiger partial charge in [-0.15, -0.1) is 5.10 Å². The lowest BCUT2D eigenvalue weighted by Crippen LogP contribution is -2.38. The van der Waals surface area contributed by atoms with Crippen molar-refractivity contribution in [3.8, 4) is 0 Å². The van der Waals surface area contributed by atoms with Gasteiger partial charge in [-0.05, 0) is 26.5 Å². The maximum atomic E-state index is 11.9. The number of hydrogen-bond donors (Lipinski definition) is 3. The van der Waals surface area contributed by atoms with Crippen LogP contribution in [-0.2, 0) is 29.2 Å². The fourth-order valence-electron chi connectivity index (χ4n) is 3.62. The number of nitrogens with zero attached hydrogens (tertiary/aromatic N) is 4. The summed E-state index contributed by atoms with van der Waals surface area (Å²) in [5.41, 5.74) is 2.02. The Morgan fingerprint density at radius 1 is 1.20 bits per heavy atom. The van der Waals surface area contributed by atoms with Crippen molar-refractivity contribution in [1.29, 1.82) is 0 Å². The molecule has 1 fully saturated rings. The zero-order valence-electron chi connectivity index (χ0n) is 17.7. The molecule has 0 aliphatic carbocycles. The lowest BCUT2D eigenvalue weighted by atomic mass is 10.1. The number of carbonyl (C=O) groups is 1. The smallest absolute Gasteiger partial charge is 0.222 e. The van der Waals surface area contributed by atoms with Crippen molar-refractivity contribution in [3.05, 3.63) is 47.8 Å². The number of nitrogens with one attached hydrogen (secondary N) is 1. The highest BCUT2D eigenvalue weighted by Gasteiger charge is 2.43. The molecule has 0 bridgehead atoms. The molecule has 1 aliphatic rings. The van der Waals surface area contributed by atoms with Crippen molar-refractivity contribution >= 4 is 5.91 Å². The number of carbonyl (C=O) groups excluding carboxylic acids is 1. The molecular weight excluding hydrogens is 386 g/mol. The summed E-state index contributed by atoms with van der Waals surface area (Å²) in [5, 5.41) is 31.6. The van der Waals surface area contributed by atoms with Gasteiger partial charge in [-0.2, -0.15) is 0 Å². The zero-order chi connectivity index (χ0) is 21.7. The van der Waals surface area contributed by atoms with Crippen LogP contribution >= 0.6 is 0 Å². The molecule has 0 spiro atoms. The van der Waals surface area contributed by atoms with Crippen LogP contribution in [0.3, 0.4) is 0 Å². The van der Waals surface area contributed by atoms with E-state index in [0.717, 1.165) is 12.2 Å². The van der Waals surface area contributed by atoms with Gasteiger partial charge < -0.3 is 20.3 Å². The van der Waals surface area contributed by atoms with E-state index in [4.69, 9.17) is 4.74 Å². The maximum absolute atomic E-state index is 11.9. The van der Waals surface area contributed by atoms with Crippen molar-refractivity contribution in [2.45, 2.75) is 70.4 Å². The molecule has 1 aliphatic heterocycles. The first-order valence-corrected chi connectivity index (χ1v) is 10.2. The largest absolute Gasteiger partial charge is 0.388 e. The molecule has 1 saturated heterocycles. The highest BCUT2D eigenvalue weighted by Crippen LogP contribution is 2.25. The lowest BCUT2D eigenvalue weighted by Gasteiger charge is -2.15. The summed E-state index contributed by atoms with van der Waals surface area (Å²) < 4.78 is 7.35. The van der Waals surface area contributed by atoms with Gasteiger partial charge in [-0.25, -0.2) is 4.68 Å². The third-order valence-electron chi connectivity index (χ3n) is 4.98. The van der Waals surface area contributed by atoms with Crippen molar-refractivity contribution in [2.75, 3.05) is 7.05 Å². The molecule has 9 heteroatoms. The third kappa shape index (κ3) is 6.09. The fraction of sp³-hybridized carbons (Fsp3) is 0.571. The fourth-order valence-corrected chi connectivity index (χ4v) is 3.62. The summed E-state index contributed by atoms with van der Waals surface area (Å²) in [7, 11) is 2.01. The van der Waals surface area contributed by atoms with Crippen molar-refractivity contribution in [2.24, 2.45) is 0 Å². The van der Waals surface area contributed by atoms with Gasteiger partial charge in [-0.3, -0.25) is 9.69 Å². The summed E-state index contributed by atoms with van der Waals surface area (Å²) in [4.78, 5) is 14.1. The molecule has 3 rings (SSSR count). The minimum absolute atomic E-state index is 0.000204. The van der Waals surface area contributed by atoms with E-state index in [1.165, 1.54) is 5.56 Å². The summed E-state index contributed by atoms with van der Waals surface area (Å²) in [6, 6.07) is 10.2. The number of ether oxygens (including phenoxy) is 1. The van der Waals surface area contributed by atoms with E-state index < -0.39 is 24.4 Å². The first kappa shape index (κ1) is 22.4. The van der Waals surface area contributed by atoms with Gasteiger partial charge in [0.15, 0.2) is 0 Å². The Bertz CT molecular complexity index is 813. The number of amides is 1. The average Bonchev–Trinajstić information content (AvgIpc) is 3.22. The van der Waals surface area contributed by atoms with Crippen molar-refractivity contribution in [3.63, 3.8) is 0 Å². The third-order valence-corrected chi connectivity index (χ3v) is 4.98. The predicted octanol–water partition coefficient (Wildman–Crippen LogP) is 0.314. The van der Waals surface area contributed by atoms with Crippen molar-refractivity contribution < 1.29 is 19.7 Å². The van der Waals surface area contributed by atoms with Crippen LogP contribution in [0.25, 0.3) is 0 Å². The summed E-state index contributed by atoms with van der Waals surface area (Å²) in [6.45, 7) is 5.39. The molecule has 1 aromatic carbocycles. The molecule has 9 nitrogen and oxygen atoms in total. The van der Waals surface area contributed by atoms with Crippen LogP contribution in [0, 0.1) is 0 Å². The first-order chi connectivity index (χ1) is 14.3. The highest BCUT2D eigenvalue weighted by molar-refractivity contribution is 5.76. The Hall–Kier alpha value is -2.33. The molecule has 30 heavy (non-hydrogen) atoms. The second kappa shape index (κ2) is 10.1. The Morgan fingerprint density at radius 3 is 2.60 bits per heavy atom. The first-order valence-electron chi connectivity index (χ1n) is 10.2. The van der Waals surface area contributed by atoms with E-state index in [0.29, 0.717) is 6.54 Å². The number of benzene rings is 1. The van der Waals surface area contributed by atoms with Crippen LogP contribution < -0.4 is 5.32 Å². The number of aliphatic hydroxyl groups is 2. The van der Waals surface area contributed by atoms with Gasteiger partial charge in [0, 0.05) is 25.3 Å². The number of rotatable bonds is 9. The molecule has 164 valence electrons. The maximum Gasteiger partial charge on any atom is 0.222 e. The monoisotopic (exact) mass is 417 g/mol. The van der Waals surface area contributed by atoms with E-state index in [-0.39, 0.29) is 24.9 Å². The molecule has 4 atom stereocenters. The summed E-state index contributed by atoms with van der Waals surface area (Å²) in [6.07, 6.45) is -1.80. The SMILES string of the molecule is CC(C)NC(=O)C[C@@H]1O[C@H](Cn2cc(CN(C)Cc3ccccc3)nn2)[C@@H](O)[C@H]1O. The summed E-state index contributed by atoms with van der Waals surface area (Å²) >= 11 is 0. The Balaban J connectivity index is 1.51. The van der Waals surface area contributed by atoms with Gasteiger partial charge in [-0.1, -0.05) is 35.5 Å². The van der Waals surface area contributed by atoms with E-state index >= 15 is 0 Å². The summed E-state index contributed by atoms with van der Waals surface area (Å²) in [5.74, 6) is -0.216. The quantitative estimate of drug-likeness (QED) is 0.538. The lowest BCUT2D eigenvalue weighted by molar-refractivity contribution is -0.125. The molecule has 3 N–H and O–H groups in total. The van der Waals surface area contributed by atoms with Crippen LogP contribution in [0.5, 0.6) is 0 Å².